The number of hydrogen-bond acceptors (Lipinski definition) is 4. The monoisotopic (exact) mass is 254 g/mol. The van der Waals surface area contributed by atoms with Crippen molar-refractivity contribution in [3.8, 4) is 17.1 Å². The summed E-state index contributed by atoms with van der Waals surface area (Å²) >= 11 is 0. The minimum atomic E-state index is 0.664. The standard InChI is InChI=1S/C14H14N4O/c1-18-11-4-3-7-16-13(11)17-14(18)10-6-5-9(15)8-12(10)19-2/h3-8H,15H2,1-2H3. The topological polar surface area (TPSA) is 66.0 Å². The second-order valence-corrected chi connectivity index (χ2v) is 4.30. The number of fused-ring (bicyclic) bond motifs is 1. The van der Waals surface area contributed by atoms with Crippen molar-refractivity contribution >= 4 is 16.9 Å². The summed E-state index contributed by atoms with van der Waals surface area (Å²) in [5.74, 6) is 1.52. The van der Waals surface area contributed by atoms with Crippen LogP contribution in [0, 0.1) is 0 Å². The van der Waals surface area contributed by atoms with Gasteiger partial charge >= 0.3 is 0 Å². The predicted octanol–water partition coefficient (Wildman–Crippen LogP) is 2.23. The Kier molecular flexibility index (Phi) is 2.59. The van der Waals surface area contributed by atoms with Crippen LogP contribution in [0.2, 0.25) is 0 Å². The van der Waals surface area contributed by atoms with E-state index in [1.54, 1.807) is 19.4 Å². The number of nitrogen functional groups attached to an aromatic ring is 1. The number of nitrogens with zero attached hydrogens (tertiary/aromatic N) is 3. The third-order valence-electron chi connectivity index (χ3n) is 3.12. The van der Waals surface area contributed by atoms with Gasteiger partial charge in [0.25, 0.3) is 0 Å². The molecule has 3 rings (SSSR count). The summed E-state index contributed by atoms with van der Waals surface area (Å²) < 4.78 is 7.37. The van der Waals surface area contributed by atoms with Crippen LogP contribution in [0.1, 0.15) is 0 Å². The van der Waals surface area contributed by atoms with Crippen LogP contribution in [0.15, 0.2) is 36.5 Å². The lowest BCUT2D eigenvalue weighted by Gasteiger charge is -2.09. The molecule has 2 heterocycles. The van der Waals surface area contributed by atoms with Gasteiger partial charge in [-0.1, -0.05) is 0 Å². The van der Waals surface area contributed by atoms with Gasteiger partial charge in [0.05, 0.1) is 18.2 Å². The molecule has 0 fully saturated rings. The van der Waals surface area contributed by atoms with Gasteiger partial charge in [0.15, 0.2) is 5.65 Å². The maximum absolute atomic E-state index is 5.77. The van der Waals surface area contributed by atoms with Crippen molar-refractivity contribution in [1.82, 2.24) is 14.5 Å². The zero-order valence-electron chi connectivity index (χ0n) is 10.8. The van der Waals surface area contributed by atoms with E-state index in [1.165, 1.54) is 0 Å². The Balaban J connectivity index is 2.27. The minimum absolute atomic E-state index is 0.664. The van der Waals surface area contributed by atoms with E-state index in [0.717, 1.165) is 22.6 Å². The van der Waals surface area contributed by atoms with Gasteiger partial charge in [0, 0.05) is 25.0 Å². The largest absolute Gasteiger partial charge is 0.496 e. The Morgan fingerprint density at radius 3 is 2.84 bits per heavy atom. The van der Waals surface area contributed by atoms with Crippen molar-refractivity contribution in [1.29, 1.82) is 0 Å². The number of methoxy groups -OCH3 is 1. The normalized spacial score (nSPS) is 10.8. The van der Waals surface area contributed by atoms with Crippen molar-refractivity contribution in [3.63, 3.8) is 0 Å². The molecule has 0 atom stereocenters. The Morgan fingerprint density at radius 2 is 2.11 bits per heavy atom. The number of hydrogen-bond donors (Lipinski definition) is 1. The van der Waals surface area contributed by atoms with Gasteiger partial charge < -0.3 is 15.0 Å². The predicted molar refractivity (Wildman–Crippen MR) is 74.9 cm³/mol. The van der Waals surface area contributed by atoms with E-state index in [9.17, 15) is 0 Å². The molecule has 96 valence electrons. The molecule has 5 heteroatoms. The highest BCUT2D eigenvalue weighted by Crippen LogP contribution is 2.32. The van der Waals surface area contributed by atoms with Gasteiger partial charge in [0.1, 0.15) is 11.6 Å². The van der Waals surface area contributed by atoms with E-state index in [1.807, 2.05) is 35.9 Å². The summed E-state index contributed by atoms with van der Waals surface area (Å²) in [5, 5.41) is 0. The molecule has 0 aliphatic heterocycles. The number of imidazole rings is 1. The lowest BCUT2D eigenvalue weighted by atomic mass is 10.1. The van der Waals surface area contributed by atoms with Crippen molar-refractivity contribution < 1.29 is 4.74 Å². The molecule has 0 spiro atoms. The molecular formula is C14H14N4O. The van der Waals surface area contributed by atoms with Crippen molar-refractivity contribution in [3.05, 3.63) is 36.5 Å². The lowest BCUT2D eigenvalue weighted by molar-refractivity contribution is 0.416. The van der Waals surface area contributed by atoms with Crippen LogP contribution in [0.5, 0.6) is 5.75 Å². The molecular weight excluding hydrogens is 240 g/mol. The van der Waals surface area contributed by atoms with Crippen molar-refractivity contribution in [2.75, 3.05) is 12.8 Å². The number of pyridine rings is 1. The summed E-state index contributed by atoms with van der Waals surface area (Å²) in [6.45, 7) is 0. The molecule has 1 aromatic carbocycles. The quantitative estimate of drug-likeness (QED) is 0.712. The zero-order chi connectivity index (χ0) is 13.4. The second-order valence-electron chi connectivity index (χ2n) is 4.30. The number of nitrogens with two attached hydrogens (primary N) is 1. The number of ether oxygens (including phenoxy) is 1. The molecule has 0 saturated carbocycles. The third-order valence-corrected chi connectivity index (χ3v) is 3.12. The van der Waals surface area contributed by atoms with Gasteiger partial charge in [-0.2, -0.15) is 0 Å². The fourth-order valence-corrected chi connectivity index (χ4v) is 2.16. The first-order chi connectivity index (χ1) is 9.20. The molecule has 0 radical (unpaired) electrons. The first-order valence-corrected chi connectivity index (χ1v) is 5.92. The van der Waals surface area contributed by atoms with E-state index in [-0.39, 0.29) is 0 Å². The maximum atomic E-state index is 5.77. The van der Waals surface area contributed by atoms with E-state index < -0.39 is 0 Å². The SMILES string of the molecule is COc1cc(N)ccc1-c1nc2ncccc2n1C. The molecule has 0 saturated heterocycles. The molecule has 0 aliphatic rings. The molecule has 0 amide bonds. The van der Waals surface area contributed by atoms with Gasteiger partial charge in [0.2, 0.25) is 0 Å². The molecule has 5 nitrogen and oxygen atoms in total. The van der Waals surface area contributed by atoms with E-state index in [0.29, 0.717) is 11.4 Å². The van der Waals surface area contributed by atoms with Gasteiger partial charge in [-0.05, 0) is 24.3 Å². The van der Waals surface area contributed by atoms with Crippen LogP contribution < -0.4 is 10.5 Å². The lowest BCUT2D eigenvalue weighted by Crippen LogP contribution is -1.96. The van der Waals surface area contributed by atoms with Crippen LogP contribution in [-0.4, -0.2) is 21.6 Å². The van der Waals surface area contributed by atoms with Crippen LogP contribution in [-0.2, 0) is 7.05 Å². The summed E-state index contributed by atoms with van der Waals surface area (Å²) in [4.78, 5) is 8.82. The number of aryl methyl sites for hydroxylation is 1. The Morgan fingerprint density at radius 1 is 1.26 bits per heavy atom. The Labute approximate surface area is 110 Å². The molecule has 0 bridgehead atoms. The van der Waals surface area contributed by atoms with E-state index in [2.05, 4.69) is 9.97 Å². The van der Waals surface area contributed by atoms with E-state index in [4.69, 9.17) is 10.5 Å². The summed E-state index contributed by atoms with van der Waals surface area (Å²) in [6, 6.07) is 9.43. The van der Waals surface area contributed by atoms with Gasteiger partial charge in [-0.25, -0.2) is 9.97 Å². The zero-order valence-corrected chi connectivity index (χ0v) is 10.8. The highest BCUT2D eigenvalue weighted by molar-refractivity contribution is 5.79. The number of benzene rings is 1. The third kappa shape index (κ3) is 1.79. The Hall–Kier alpha value is -2.56. The fourth-order valence-electron chi connectivity index (χ4n) is 2.16. The molecule has 2 N–H and O–H groups in total. The number of rotatable bonds is 2. The first-order valence-electron chi connectivity index (χ1n) is 5.92. The van der Waals surface area contributed by atoms with Crippen LogP contribution >= 0.6 is 0 Å². The summed E-state index contributed by atoms with van der Waals surface area (Å²) in [6.07, 6.45) is 1.74. The highest BCUT2D eigenvalue weighted by atomic mass is 16.5. The molecule has 3 aromatic rings. The average Bonchev–Trinajstić information content (AvgIpc) is 2.76. The first kappa shape index (κ1) is 11.5. The highest BCUT2D eigenvalue weighted by Gasteiger charge is 2.14. The van der Waals surface area contributed by atoms with Gasteiger partial charge in [-0.15, -0.1) is 0 Å². The summed E-state index contributed by atoms with van der Waals surface area (Å²) in [7, 11) is 3.58. The second kappa shape index (κ2) is 4.28. The fraction of sp³-hybridized carbons (Fsp3) is 0.143. The number of aromatic nitrogens is 3. The van der Waals surface area contributed by atoms with Crippen LogP contribution in [0.25, 0.3) is 22.6 Å². The van der Waals surface area contributed by atoms with Crippen molar-refractivity contribution in [2.45, 2.75) is 0 Å². The molecule has 2 aromatic heterocycles. The number of anilines is 1. The van der Waals surface area contributed by atoms with Gasteiger partial charge in [-0.3, -0.25) is 0 Å². The van der Waals surface area contributed by atoms with Crippen LogP contribution in [0.4, 0.5) is 5.69 Å². The Bertz CT molecular complexity index is 748. The summed E-state index contributed by atoms with van der Waals surface area (Å²) in [5.41, 5.74) is 9.04. The minimum Gasteiger partial charge on any atom is -0.496 e. The van der Waals surface area contributed by atoms with Crippen LogP contribution in [0.3, 0.4) is 0 Å². The average molecular weight is 254 g/mol. The van der Waals surface area contributed by atoms with Crippen molar-refractivity contribution in [2.24, 2.45) is 7.05 Å². The van der Waals surface area contributed by atoms with E-state index >= 15 is 0 Å². The molecule has 19 heavy (non-hydrogen) atoms. The molecule has 0 unspecified atom stereocenters. The maximum Gasteiger partial charge on any atom is 0.178 e. The smallest absolute Gasteiger partial charge is 0.178 e. The molecule has 0 aliphatic carbocycles.